The molecule has 0 rings (SSSR count). The maximum Gasteiger partial charge on any atom is 0.306 e. The minimum Gasteiger partial charge on any atom is -0.462 e. The number of ether oxygens (including phenoxy) is 3. The van der Waals surface area contributed by atoms with Crippen LogP contribution in [0.4, 0.5) is 0 Å². The van der Waals surface area contributed by atoms with Crippen LogP contribution in [0, 0.1) is 0 Å². The van der Waals surface area contributed by atoms with Crippen molar-refractivity contribution in [3.63, 3.8) is 0 Å². The minimum absolute atomic E-state index is 0.0722. The van der Waals surface area contributed by atoms with E-state index in [0.29, 0.717) is 19.3 Å². The van der Waals surface area contributed by atoms with Crippen LogP contribution in [-0.4, -0.2) is 37.2 Å². The molecule has 0 saturated heterocycles. The van der Waals surface area contributed by atoms with Gasteiger partial charge in [0.2, 0.25) is 0 Å². The Morgan fingerprint density at radius 3 is 0.935 bits per heavy atom. The third-order valence-corrected chi connectivity index (χ3v) is 11.9. The monoisotopic (exact) mass is 871 g/mol. The summed E-state index contributed by atoms with van der Waals surface area (Å²) in [6.45, 7) is 6.62. The van der Waals surface area contributed by atoms with E-state index in [2.05, 4.69) is 57.2 Å². The molecule has 0 heterocycles. The predicted octanol–water partition coefficient (Wildman–Crippen LogP) is 17.7. The summed E-state index contributed by atoms with van der Waals surface area (Å²) in [5, 5.41) is 0. The number of hydrogen-bond donors (Lipinski definition) is 0. The van der Waals surface area contributed by atoms with Crippen molar-refractivity contribution in [1.82, 2.24) is 0 Å². The van der Waals surface area contributed by atoms with Gasteiger partial charge >= 0.3 is 17.9 Å². The second kappa shape index (κ2) is 51.3. The van der Waals surface area contributed by atoms with E-state index in [1.807, 2.05) is 0 Å². The highest BCUT2D eigenvalue weighted by Gasteiger charge is 2.19. The molecule has 0 aromatic rings. The Balaban J connectivity index is 4.32. The highest BCUT2D eigenvalue weighted by Crippen LogP contribution is 2.16. The third kappa shape index (κ3) is 48.7. The summed E-state index contributed by atoms with van der Waals surface area (Å²) in [7, 11) is 0. The molecule has 0 N–H and O–H groups in total. The van der Waals surface area contributed by atoms with Crippen LogP contribution in [0.1, 0.15) is 284 Å². The second-order valence-corrected chi connectivity index (χ2v) is 18.2. The van der Waals surface area contributed by atoms with E-state index in [0.717, 1.165) is 77.0 Å². The second-order valence-electron chi connectivity index (χ2n) is 18.2. The van der Waals surface area contributed by atoms with E-state index in [1.54, 1.807) is 0 Å². The lowest BCUT2D eigenvalue weighted by atomic mass is 10.0. The molecular formula is C56H102O6. The number of esters is 3. The molecule has 62 heavy (non-hydrogen) atoms. The van der Waals surface area contributed by atoms with Crippen LogP contribution in [0.2, 0.25) is 0 Å². The Labute approximate surface area is 385 Å². The van der Waals surface area contributed by atoms with Crippen LogP contribution in [0.5, 0.6) is 0 Å². The number of unbranched alkanes of at least 4 members (excludes halogenated alkanes) is 32. The van der Waals surface area contributed by atoms with Crippen LogP contribution in [0.3, 0.4) is 0 Å². The first-order chi connectivity index (χ1) is 30.5. The molecule has 0 spiro atoms. The third-order valence-electron chi connectivity index (χ3n) is 11.9. The smallest absolute Gasteiger partial charge is 0.306 e. The lowest BCUT2D eigenvalue weighted by molar-refractivity contribution is -0.167. The van der Waals surface area contributed by atoms with Gasteiger partial charge in [-0.15, -0.1) is 0 Å². The van der Waals surface area contributed by atoms with E-state index in [-0.39, 0.29) is 31.1 Å². The van der Waals surface area contributed by atoms with E-state index in [9.17, 15) is 14.4 Å². The molecule has 6 heteroatoms. The molecule has 0 aliphatic rings. The van der Waals surface area contributed by atoms with Gasteiger partial charge in [-0.05, 0) is 57.8 Å². The van der Waals surface area contributed by atoms with Gasteiger partial charge in [-0.25, -0.2) is 0 Å². The quantitative estimate of drug-likeness (QED) is 0.0262. The highest BCUT2D eigenvalue weighted by atomic mass is 16.6. The number of rotatable bonds is 49. The van der Waals surface area contributed by atoms with Crippen LogP contribution in [-0.2, 0) is 28.6 Å². The standard InChI is InChI=1S/C56H102O6/c1-4-7-10-13-16-19-22-24-26-27-28-29-31-32-34-37-40-43-46-49-55(58)61-52-53(51-60-54(57)48-45-42-39-36-21-18-15-12-9-6-3)62-56(59)50-47-44-41-38-35-33-30-25-23-20-17-14-11-8-5-2/h16,19,24,26,28-29,53H,4-15,17-18,20-23,25,27,30-52H2,1-3H3/b19-16-,26-24-,29-28-/t53-/m1/s1. The predicted molar refractivity (Wildman–Crippen MR) is 266 cm³/mol. The fraction of sp³-hybridized carbons (Fsp3) is 0.839. The number of carbonyl (C=O) groups is 3. The lowest BCUT2D eigenvalue weighted by Gasteiger charge is -2.18. The average Bonchev–Trinajstić information content (AvgIpc) is 3.27. The van der Waals surface area contributed by atoms with Crippen LogP contribution < -0.4 is 0 Å². The van der Waals surface area contributed by atoms with Gasteiger partial charge in [0.1, 0.15) is 13.2 Å². The molecule has 0 unspecified atom stereocenters. The minimum atomic E-state index is -0.771. The molecule has 0 aromatic carbocycles. The molecule has 362 valence electrons. The lowest BCUT2D eigenvalue weighted by Crippen LogP contribution is -2.30. The Morgan fingerprint density at radius 2 is 0.581 bits per heavy atom. The first-order valence-corrected chi connectivity index (χ1v) is 27.0. The van der Waals surface area contributed by atoms with Crippen molar-refractivity contribution < 1.29 is 28.6 Å². The largest absolute Gasteiger partial charge is 0.462 e. The number of hydrogen-bond acceptors (Lipinski definition) is 6. The Hall–Kier alpha value is -2.37. The normalized spacial score (nSPS) is 12.2. The van der Waals surface area contributed by atoms with Gasteiger partial charge in [0.05, 0.1) is 0 Å². The van der Waals surface area contributed by atoms with Gasteiger partial charge in [-0.1, -0.05) is 243 Å². The van der Waals surface area contributed by atoms with Crippen molar-refractivity contribution in [1.29, 1.82) is 0 Å². The van der Waals surface area contributed by atoms with Crippen LogP contribution in [0.25, 0.3) is 0 Å². The number of carbonyl (C=O) groups excluding carboxylic acids is 3. The van der Waals surface area contributed by atoms with Gasteiger partial charge in [-0.2, -0.15) is 0 Å². The molecule has 0 saturated carbocycles. The van der Waals surface area contributed by atoms with Crippen LogP contribution >= 0.6 is 0 Å². The van der Waals surface area contributed by atoms with Crippen molar-refractivity contribution in [2.24, 2.45) is 0 Å². The molecule has 0 bridgehead atoms. The van der Waals surface area contributed by atoms with Gasteiger partial charge in [0.15, 0.2) is 6.10 Å². The Morgan fingerprint density at radius 1 is 0.323 bits per heavy atom. The zero-order valence-corrected chi connectivity index (χ0v) is 41.4. The molecule has 0 aliphatic carbocycles. The van der Waals surface area contributed by atoms with E-state index >= 15 is 0 Å². The Bertz CT molecular complexity index is 1050. The van der Waals surface area contributed by atoms with E-state index in [1.165, 1.54) is 167 Å². The van der Waals surface area contributed by atoms with E-state index in [4.69, 9.17) is 14.2 Å². The van der Waals surface area contributed by atoms with Gasteiger partial charge in [0, 0.05) is 19.3 Å². The molecular weight excluding hydrogens is 769 g/mol. The van der Waals surface area contributed by atoms with Crippen molar-refractivity contribution in [2.45, 2.75) is 290 Å². The highest BCUT2D eigenvalue weighted by molar-refractivity contribution is 5.71. The van der Waals surface area contributed by atoms with Crippen LogP contribution in [0.15, 0.2) is 36.5 Å². The zero-order chi connectivity index (χ0) is 45.1. The summed E-state index contributed by atoms with van der Waals surface area (Å²) in [4.78, 5) is 38.0. The maximum absolute atomic E-state index is 12.8. The fourth-order valence-corrected chi connectivity index (χ4v) is 7.80. The summed E-state index contributed by atoms with van der Waals surface area (Å²) in [6, 6.07) is 0. The molecule has 0 radical (unpaired) electrons. The summed E-state index contributed by atoms with van der Waals surface area (Å²) < 4.78 is 16.8. The van der Waals surface area contributed by atoms with Crippen molar-refractivity contribution >= 4 is 17.9 Å². The summed E-state index contributed by atoms with van der Waals surface area (Å²) in [5.41, 5.74) is 0. The fourth-order valence-electron chi connectivity index (χ4n) is 7.80. The van der Waals surface area contributed by atoms with Gasteiger partial charge < -0.3 is 14.2 Å². The maximum atomic E-state index is 12.8. The molecule has 6 nitrogen and oxygen atoms in total. The van der Waals surface area contributed by atoms with Crippen molar-refractivity contribution in [3.8, 4) is 0 Å². The van der Waals surface area contributed by atoms with Crippen molar-refractivity contribution in [3.05, 3.63) is 36.5 Å². The summed E-state index contributed by atoms with van der Waals surface area (Å²) in [6.07, 6.45) is 59.8. The topological polar surface area (TPSA) is 78.9 Å². The number of allylic oxidation sites excluding steroid dienone is 6. The SMILES string of the molecule is CCCCC/C=C\C/C=C\C/C=C\CCCCCCCCC(=O)OC[C@@H](COC(=O)CCCCCCCCCCCC)OC(=O)CCCCCCCCCCCCCCCCC. The summed E-state index contributed by atoms with van der Waals surface area (Å²) >= 11 is 0. The first-order valence-electron chi connectivity index (χ1n) is 27.0. The summed E-state index contributed by atoms with van der Waals surface area (Å²) in [5.74, 6) is -0.873. The Kier molecular flexibility index (Phi) is 49.3. The first kappa shape index (κ1) is 59.6. The van der Waals surface area contributed by atoms with E-state index < -0.39 is 6.10 Å². The van der Waals surface area contributed by atoms with Gasteiger partial charge in [-0.3, -0.25) is 14.4 Å². The molecule has 1 atom stereocenters. The zero-order valence-electron chi connectivity index (χ0n) is 41.4. The molecule has 0 aromatic heterocycles. The molecule has 0 aliphatic heterocycles. The average molecular weight is 871 g/mol. The van der Waals surface area contributed by atoms with Gasteiger partial charge in [0.25, 0.3) is 0 Å². The van der Waals surface area contributed by atoms with Crippen molar-refractivity contribution in [2.75, 3.05) is 13.2 Å². The molecule has 0 amide bonds. The molecule has 0 fully saturated rings.